The van der Waals surface area contributed by atoms with Gasteiger partial charge in [-0.2, -0.15) is 17.9 Å². The maximum absolute atomic E-state index is 12.8. The molecule has 1 fully saturated rings. The zero-order valence-corrected chi connectivity index (χ0v) is 12.4. The number of halogens is 3. The fourth-order valence-corrected chi connectivity index (χ4v) is 4.68. The zero-order valence-electron chi connectivity index (χ0n) is 10.8. The van der Waals surface area contributed by atoms with Gasteiger partial charge in [0, 0.05) is 11.4 Å². The lowest BCUT2D eigenvalue weighted by Crippen LogP contribution is -2.47. The summed E-state index contributed by atoms with van der Waals surface area (Å²) in [5.41, 5.74) is -2.27. The average molecular weight is 328 g/mol. The lowest BCUT2D eigenvalue weighted by atomic mass is 10.3. The molecule has 4 nitrogen and oxygen atoms in total. The second-order valence-electron chi connectivity index (χ2n) is 4.67. The fourth-order valence-electron chi connectivity index (χ4n) is 1.82. The van der Waals surface area contributed by atoms with E-state index in [1.54, 1.807) is 5.38 Å². The Bertz CT molecular complexity index is 577. The van der Waals surface area contributed by atoms with Gasteiger partial charge in [0.25, 0.3) is 0 Å². The molecule has 0 bridgehead atoms. The van der Waals surface area contributed by atoms with Crippen LogP contribution in [0.15, 0.2) is 16.3 Å². The zero-order chi connectivity index (χ0) is 15.0. The first-order valence-electron chi connectivity index (χ1n) is 6.10. The normalized spacial score (nSPS) is 18.2. The highest BCUT2D eigenvalue weighted by Gasteiger charge is 2.65. The second-order valence-corrected chi connectivity index (χ2v) is 7.33. The Morgan fingerprint density at radius 3 is 2.55 bits per heavy atom. The van der Waals surface area contributed by atoms with E-state index in [0.29, 0.717) is 18.0 Å². The predicted molar refractivity (Wildman–Crippen MR) is 70.0 cm³/mol. The molecule has 0 aromatic carbocycles. The van der Waals surface area contributed by atoms with Crippen LogP contribution in [0.4, 0.5) is 13.2 Å². The van der Waals surface area contributed by atoms with Gasteiger partial charge in [-0.3, -0.25) is 0 Å². The van der Waals surface area contributed by atoms with Gasteiger partial charge in [-0.1, -0.05) is 6.92 Å². The van der Waals surface area contributed by atoms with Gasteiger partial charge in [0.15, 0.2) is 0 Å². The van der Waals surface area contributed by atoms with Crippen molar-refractivity contribution in [2.75, 3.05) is 6.54 Å². The van der Waals surface area contributed by atoms with Crippen molar-refractivity contribution in [1.29, 1.82) is 0 Å². The number of hydrogen-bond acceptors (Lipinski definition) is 4. The highest BCUT2D eigenvalue weighted by Crippen LogP contribution is 2.49. The molecule has 9 heteroatoms. The topological polar surface area (TPSA) is 58.2 Å². The summed E-state index contributed by atoms with van der Waals surface area (Å²) in [5, 5.41) is 4.53. The third-order valence-corrected chi connectivity index (χ3v) is 5.82. The molecule has 0 spiro atoms. The molecule has 0 saturated heterocycles. The van der Waals surface area contributed by atoms with E-state index in [2.05, 4.69) is 5.32 Å². The van der Waals surface area contributed by atoms with E-state index in [1.165, 1.54) is 17.4 Å². The third-order valence-electron chi connectivity index (χ3n) is 3.15. The molecule has 2 N–H and O–H groups in total. The maximum Gasteiger partial charge on any atom is 0.407 e. The van der Waals surface area contributed by atoms with Crippen molar-refractivity contribution in [3.05, 3.63) is 16.3 Å². The van der Waals surface area contributed by atoms with Gasteiger partial charge < -0.3 is 5.32 Å². The molecular formula is C11H15F3N2O2S2. The largest absolute Gasteiger partial charge is 0.407 e. The summed E-state index contributed by atoms with van der Waals surface area (Å²) in [6.45, 7) is 2.84. The molecule has 0 atom stereocenters. The Labute approximate surface area is 119 Å². The summed E-state index contributed by atoms with van der Waals surface area (Å²) < 4.78 is 64.6. The average Bonchev–Trinajstić information content (AvgIpc) is 2.94. The van der Waals surface area contributed by atoms with Crippen LogP contribution >= 0.6 is 11.3 Å². The van der Waals surface area contributed by atoms with Crippen LogP contribution in [0.3, 0.4) is 0 Å². The number of rotatable bonds is 6. The molecule has 1 heterocycles. The molecule has 2 rings (SSSR count). The van der Waals surface area contributed by atoms with Gasteiger partial charge in [0.1, 0.15) is 5.54 Å². The minimum Gasteiger partial charge on any atom is -0.312 e. The van der Waals surface area contributed by atoms with E-state index in [4.69, 9.17) is 0 Å². The first-order valence-corrected chi connectivity index (χ1v) is 8.46. The van der Waals surface area contributed by atoms with E-state index >= 15 is 0 Å². The molecule has 114 valence electrons. The minimum atomic E-state index is -4.56. The maximum atomic E-state index is 12.8. The lowest BCUT2D eigenvalue weighted by molar-refractivity contribution is -0.160. The first kappa shape index (κ1) is 15.7. The minimum absolute atomic E-state index is 0.0704. The van der Waals surface area contributed by atoms with Crippen molar-refractivity contribution in [2.45, 2.75) is 42.9 Å². The lowest BCUT2D eigenvalue weighted by Gasteiger charge is -2.20. The number of sulfonamides is 1. The van der Waals surface area contributed by atoms with Crippen molar-refractivity contribution in [1.82, 2.24) is 10.0 Å². The number of nitrogens with one attached hydrogen (secondary N) is 2. The van der Waals surface area contributed by atoms with Crippen LogP contribution in [0.5, 0.6) is 0 Å². The van der Waals surface area contributed by atoms with Crippen LogP contribution in [0.1, 0.15) is 24.6 Å². The highest BCUT2D eigenvalue weighted by molar-refractivity contribution is 7.89. The Hall–Kier alpha value is -0.640. The number of hydrogen-bond donors (Lipinski definition) is 2. The summed E-state index contributed by atoms with van der Waals surface area (Å²) in [6, 6.07) is 1.34. The van der Waals surface area contributed by atoms with Gasteiger partial charge in [-0.05, 0) is 30.8 Å². The summed E-state index contributed by atoms with van der Waals surface area (Å²) in [5.74, 6) is 0. The molecule has 0 amide bonds. The van der Waals surface area contributed by atoms with Crippen LogP contribution in [-0.4, -0.2) is 26.7 Å². The molecule has 1 aliphatic carbocycles. The number of thiophene rings is 1. The Kier molecular flexibility index (Phi) is 4.16. The van der Waals surface area contributed by atoms with Gasteiger partial charge in [0.05, 0.1) is 4.90 Å². The van der Waals surface area contributed by atoms with E-state index in [9.17, 15) is 21.6 Å². The molecule has 0 radical (unpaired) electrons. The molecule has 1 aromatic rings. The summed E-state index contributed by atoms with van der Waals surface area (Å²) >= 11 is 1.21. The van der Waals surface area contributed by atoms with Gasteiger partial charge in [-0.25, -0.2) is 8.42 Å². The van der Waals surface area contributed by atoms with Crippen LogP contribution in [0.25, 0.3) is 0 Å². The SMILES string of the molecule is CCNCc1sccc1S(=O)(=O)NC1(C(F)(F)F)CC1. The fraction of sp³-hybridized carbons (Fsp3) is 0.636. The molecule has 0 unspecified atom stereocenters. The van der Waals surface area contributed by atoms with E-state index in [1.807, 2.05) is 11.6 Å². The molecule has 1 saturated carbocycles. The Morgan fingerprint density at radius 2 is 2.05 bits per heavy atom. The Morgan fingerprint density at radius 1 is 1.40 bits per heavy atom. The van der Waals surface area contributed by atoms with Gasteiger partial charge in [0.2, 0.25) is 10.0 Å². The van der Waals surface area contributed by atoms with Crippen LogP contribution in [0.2, 0.25) is 0 Å². The summed E-state index contributed by atoms with van der Waals surface area (Å²) in [6.07, 6.45) is -4.97. The number of alkyl halides is 3. The smallest absolute Gasteiger partial charge is 0.312 e. The Balaban J connectivity index is 2.22. The van der Waals surface area contributed by atoms with Crippen molar-refractivity contribution in [3.63, 3.8) is 0 Å². The van der Waals surface area contributed by atoms with Crippen molar-refractivity contribution in [3.8, 4) is 0 Å². The standard InChI is InChI=1S/C11H15F3N2O2S2/c1-2-15-7-8-9(3-6-19-8)20(17,18)16-10(4-5-10)11(12,13)14/h3,6,15-16H,2,4-5,7H2,1H3. The summed E-state index contributed by atoms with van der Waals surface area (Å²) in [4.78, 5) is 0.441. The van der Waals surface area contributed by atoms with Crippen molar-refractivity contribution >= 4 is 21.4 Å². The van der Waals surface area contributed by atoms with Crippen LogP contribution < -0.4 is 10.0 Å². The second kappa shape index (κ2) is 5.28. The molecule has 1 aromatic heterocycles. The molecular weight excluding hydrogens is 313 g/mol. The van der Waals surface area contributed by atoms with Crippen molar-refractivity contribution in [2.24, 2.45) is 0 Å². The molecule has 20 heavy (non-hydrogen) atoms. The van der Waals surface area contributed by atoms with Crippen LogP contribution in [0, 0.1) is 0 Å². The third kappa shape index (κ3) is 3.00. The van der Waals surface area contributed by atoms with Gasteiger partial charge >= 0.3 is 6.18 Å². The van der Waals surface area contributed by atoms with Crippen LogP contribution in [-0.2, 0) is 16.6 Å². The first-order chi connectivity index (χ1) is 9.22. The van der Waals surface area contributed by atoms with E-state index in [0.717, 1.165) is 0 Å². The predicted octanol–water partition coefficient (Wildman–Crippen LogP) is 2.23. The van der Waals surface area contributed by atoms with E-state index in [-0.39, 0.29) is 17.7 Å². The highest BCUT2D eigenvalue weighted by atomic mass is 32.2. The molecule has 1 aliphatic rings. The molecule has 0 aliphatic heterocycles. The quantitative estimate of drug-likeness (QED) is 0.842. The van der Waals surface area contributed by atoms with Gasteiger partial charge in [-0.15, -0.1) is 11.3 Å². The van der Waals surface area contributed by atoms with Crippen molar-refractivity contribution < 1.29 is 21.6 Å². The van der Waals surface area contributed by atoms with E-state index < -0.39 is 21.7 Å². The summed E-state index contributed by atoms with van der Waals surface area (Å²) in [7, 11) is -4.16. The monoisotopic (exact) mass is 328 g/mol.